The Morgan fingerprint density at radius 2 is 2.06 bits per heavy atom. The van der Waals surface area contributed by atoms with E-state index in [0.717, 1.165) is 5.56 Å². The van der Waals surface area contributed by atoms with Gasteiger partial charge >= 0.3 is 0 Å². The highest BCUT2D eigenvalue weighted by molar-refractivity contribution is 5.55. The van der Waals surface area contributed by atoms with Crippen molar-refractivity contribution >= 4 is 5.82 Å². The molecule has 4 nitrogen and oxygen atoms in total. The molecule has 0 aliphatic heterocycles. The van der Waals surface area contributed by atoms with Gasteiger partial charge < -0.3 is 5.32 Å². The van der Waals surface area contributed by atoms with Crippen molar-refractivity contribution in [2.75, 3.05) is 5.32 Å². The van der Waals surface area contributed by atoms with E-state index >= 15 is 0 Å². The molecule has 0 atom stereocenters. The van der Waals surface area contributed by atoms with Gasteiger partial charge in [-0.05, 0) is 24.6 Å². The van der Waals surface area contributed by atoms with Gasteiger partial charge in [-0.15, -0.1) is 0 Å². The van der Waals surface area contributed by atoms with E-state index in [-0.39, 0.29) is 5.82 Å². The Hall–Kier alpha value is -2.35. The van der Waals surface area contributed by atoms with Crippen LogP contribution in [0.15, 0.2) is 24.3 Å². The van der Waals surface area contributed by atoms with E-state index in [9.17, 15) is 4.39 Å². The molecule has 2 aromatic rings. The van der Waals surface area contributed by atoms with Crippen LogP contribution in [0.4, 0.5) is 10.2 Å². The number of rotatable bonds is 3. The molecule has 0 aliphatic rings. The number of hydrogen-bond acceptors (Lipinski definition) is 3. The van der Waals surface area contributed by atoms with Crippen LogP contribution in [-0.2, 0) is 13.6 Å². The number of nitrogens with one attached hydrogen (secondary N) is 1. The number of aryl methyl sites for hydroxylation is 2. The van der Waals surface area contributed by atoms with Gasteiger partial charge in [-0.1, -0.05) is 12.1 Å². The van der Waals surface area contributed by atoms with Gasteiger partial charge in [0.1, 0.15) is 23.3 Å². The highest BCUT2D eigenvalue weighted by Gasteiger charge is 2.11. The SMILES string of the molecule is Cc1nn(C)c(NCc2ccc(F)cc2)c1C#N. The molecular weight excluding hydrogens is 231 g/mol. The first-order chi connectivity index (χ1) is 8.61. The summed E-state index contributed by atoms with van der Waals surface area (Å²) in [6.45, 7) is 2.32. The lowest BCUT2D eigenvalue weighted by molar-refractivity contribution is 0.627. The average Bonchev–Trinajstić information content (AvgIpc) is 2.62. The van der Waals surface area contributed by atoms with Crippen molar-refractivity contribution < 1.29 is 4.39 Å². The number of benzene rings is 1. The Balaban J connectivity index is 2.16. The van der Waals surface area contributed by atoms with Crippen molar-refractivity contribution in [1.29, 1.82) is 5.26 Å². The zero-order valence-corrected chi connectivity index (χ0v) is 10.2. The molecule has 0 aliphatic carbocycles. The van der Waals surface area contributed by atoms with Crippen molar-refractivity contribution in [3.63, 3.8) is 0 Å². The second-order valence-corrected chi connectivity index (χ2v) is 4.02. The van der Waals surface area contributed by atoms with E-state index in [1.54, 1.807) is 30.8 Å². The Labute approximate surface area is 105 Å². The fraction of sp³-hybridized carbons (Fsp3) is 0.231. The van der Waals surface area contributed by atoms with Gasteiger partial charge in [-0.25, -0.2) is 4.39 Å². The van der Waals surface area contributed by atoms with Crippen LogP contribution in [-0.4, -0.2) is 9.78 Å². The number of halogens is 1. The average molecular weight is 244 g/mol. The molecule has 1 heterocycles. The predicted molar refractivity (Wildman–Crippen MR) is 66.4 cm³/mol. The molecule has 0 radical (unpaired) electrons. The van der Waals surface area contributed by atoms with Gasteiger partial charge in [0.2, 0.25) is 0 Å². The summed E-state index contributed by atoms with van der Waals surface area (Å²) >= 11 is 0. The molecule has 0 fully saturated rings. The second kappa shape index (κ2) is 4.88. The molecule has 92 valence electrons. The molecule has 1 aromatic heterocycles. The fourth-order valence-electron chi connectivity index (χ4n) is 1.78. The Morgan fingerprint density at radius 1 is 1.39 bits per heavy atom. The predicted octanol–water partition coefficient (Wildman–Crippen LogP) is 2.35. The van der Waals surface area contributed by atoms with Crippen molar-refractivity contribution in [2.24, 2.45) is 7.05 Å². The van der Waals surface area contributed by atoms with Gasteiger partial charge in [0.15, 0.2) is 0 Å². The van der Waals surface area contributed by atoms with Crippen molar-refractivity contribution in [1.82, 2.24) is 9.78 Å². The lowest BCUT2D eigenvalue weighted by Crippen LogP contribution is -2.05. The van der Waals surface area contributed by atoms with Crippen LogP contribution in [0.25, 0.3) is 0 Å². The van der Waals surface area contributed by atoms with Gasteiger partial charge in [0.25, 0.3) is 0 Å². The smallest absolute Gasteiger partial charge is 0.142 e. The van der Waals surface area contributed by atoms with Gasteiger partial charge in [0, 0.05) is 13.6 Å². The molecule has 0 spiro atoms. The van der Waals surface area contributed by atoms with E-state index in [4.69, 9.17) is 5.26 Å². The van der Waals surface area contributed by atoms with E-state index < -0.39 is 0 Å². The first-order valence-corrected chi connectivity index (χ1v) is 5.54. The number of nitrogens with zero attached hydrogens (tertiary/aromatic N) is 3. The third-order valence-corrected chi connectivity index (χ3v) is 2.71. The molecule has 2 rings (SSSR count). The van der Waals surface area contributed by atoms with E-state index in [2.05, 4.69) is 16.5 Å². The van der Waals surface area contributed by atoms with E-state index in [1.165, 1.54) is 12.1 Å². The molecule has 5 heteroatoms. The molecule has 0 unspecified atom stereocenters. The summed E-state index contributed by atoms with van der Waals surface area (Å²) in [4.78, 5) is 0. The Kier molecular flexibility index (Phi) is 3.28. The van der Waals surface area contributed by atoms with Crippen LogP contribution in [0.3, 0.4) is 0 Å². The molecule has 1 N–H and O–H groups in total. The van der Waals surface area contributed by atoms with E-state index in [0.29, 0.717) is 23.6 Å². The summed E-state index contributed by atoms with van der Waals surface area (Å²) in [5.74, 6) is 0.423. The third-order valence-electron chi connectivity index (χ3n) is 2.71. The highest BCUT2D eigenvalue weighted by atomic mass is 19.1. The topological polar surface area (TPSA) is 53.6 Å². The summed E-state index contributed by atoms with van der Waals surface area (Å²) in [6, 6.07) is 8.36. The lowest BCUT2D eigenvalue weighted by Gasteiger charge is -2.07. The Bertz CT molecular complexity index is 593. The molecule has 0 bridgehead atoms. The van der Waals surface area contributed by atoms with Crippen molar-refractivity contribution in [3.05, 3.63) is 46.9 Å². The zero-order valence-electron chi connectivity index (χ0n) is 10.2. The van der Waals surface area contributed by atoms with Crippen molar-refractivity contribution in [2.45, 2.75) is 13.5 Å². The minimum atomic E-state index is -0.257. The molecule has 0 saturated carbocycles. The number of hydrogen-bond donors (Lipinski definition) is 1. The summed E-state index contributed by atoms with van der Waals surface area (Å²) in [5, 5.41) is 16.4. The normalized spacial score (nSPS) is 10.1. The molecular formula is C13H13FN4. The van der Waals surface area contributed by atoms with Crippen LogP contribution >= 0.6 is 0 Å². The minimum absolute atomic E-state index is 0.257. The van der Waals surface area contributed by atoms with Crippen LogP contribution < -0.4 is 5.32 Å². The maximum Gasteiger partial charge on any atom is 0.142 e. The summed E-state index contributed by atoms with van der Waals surface area (Å²) in [6.07, 6.45) is 0. The first kappa shape index (κ1) is 12.1. The standard InChI is InChI=1S/C13H13FN4/c1-9-12(7-15)13(18(2)17-9)16-8-10-3-5-11(14)6-4-10/h3-6,16H,8H2,1-2H3. The quantitative estimate of drug-likeness (QED) is 0.901. The molecule has 0 amide bonds. The van der Waals surface area contributed by atoms with Gasteiger partial charge in [-0.3, -0.25) is 4.68 Å². The molecule has 0 saturated heterocycles. The van der Waals surface area contributed by atoms with Gasteiger partial charge in [-0.2, -0.15) is 10.4 Å². The lowest BCUT2D eigenvalue weighted by atomic mass is 10.2. The van der Waals surface area contributed by atoms with Crippen LogP contribution in [0.5, 0.6) is 0 Å². The molecule has 1 aromatic carbocycles. The maximum atomic E-state index is 12.8. The monoisotopic (exact) mass is 244 g/mol. The van der Waals surface area contributed by atoms with Crippen molar-refractivity contribution in [3.8, 4) is 6.07 Å². The fourth-order valence-corrected chi connectivity index (χ4v) is 1.78. The number of anilines is 1. The zero-order chi connectivity index (χ0) is 13.1. The van der Waals surface area contributed by atoms with Crippen LogP contribution in [0, 0.1) is 24.1 Å². The summed E-state index contributed by atoms with van der Waals surface area (Å²) < 4.78 is 14.4. The highest BCUT2D eigenvalue weighted by Crippen LogP contribution is 2.18. The Morgan fingerprint density at radius 3 is 2.67 bits per heavy atom. The number of aromatic nitrogens is 2. The van der Waals surface area contributed by atoms with Crippen LogP contribution in [0.2, 0.25) is 0 Å². The summed E-state index contributed by atoms with van der Waals surface area (Å²) in [5.41, 5.74) is 2.18. The van der Waals surface area contributed by atoms with Crippen LogP contribution in [0.1, 0.15) is 16.8 Å². The second-order valence-electron chi connectivity index (χ2n) is 4.02. The summed E-state index contributed by atoms with van der Waals surface area (Å²) in [7, 11) is 1.78. The van der Waals surface area contributed by atoms with E-state index in [1.807, 2.05) is 0 Å². The maximum absolute atomic E-state index is 12.8. The minimum Gasteiger partial charge on any atom is -0.365 e. The largest absolute Gasteiger partial charge is 0.365 e. The van der Waals surface area contributed by atoms with Gasteiger partial charge in [0.05, 0.1) is 5.69 Å². The first-order valence-electron chi connectivity index (χ1n) is 5.54. The third kappa shape index (κ3) is 2.33. The molecule has 18 heavy (non-hydrogen) atoms. The number of nitriles is 1.